The van der Waals surface area contributed by atoms with Gasteiger partial charge in [0.15, 0.2) is 0 Å². The van der Waals surface area contributed by atoms with E-state index in [2.05, 4.69) is 13.8 Å². The van der Waals surface area contributed by atoms with E-state index in [1.54, 1.807) is 0 Å². The molecule has 0 aromatic heterocycles. The fourth-order valence-electron chi connectivity index (χ4n) is 2.19. The van der Waals surface area contributed by atoms with Crippen LogP contribution in [0, 0.1) is 11.8 Å². The van der Waals surface area contributed by atoms with Crippen molar-refractivity contribution in [2.75, 3.05) is 0 Å². The maximum absolute atomic E-state index is 13.2. The summed E-state index contributed by atoms with van der Waals surface area (Å²) in [5.41, 5.74) is 2.27. The van der Waals surface area contributed by atoms with Gasteiger partial charge in [-0.2, -0.15) is 0 Å². The molecule has 0 amide bonds. The lowest BCUT2D eigenvalue weighted by Crippen LogP contribution is -2.25. The van der Waals surface area contributed by atoms with Gasteiger partial charge in [-0.3, -0.25) is 0 Å². The molecule has 1 aliphatic carbocycles. The molecule has 0 saturated carbocycles. The van der Waals surface area contributed by atoms with E-state index in [0.29, 0.717) is 12.3 Å². The highest BCUT2D eigenvalue weighted by atomic mass is 19.3. The third-order valence-electron chi connectivity index (χ3n) is 3.02. The molecule has 0 aromatic rings. The third kappa shape index (κ3) is 2.55. The summed E-state index contributed by atoms with van der Waals surface area (Å²) in [6.07, 6.45) is 0.604. The predicted molar refractivity (Wildman–Crippen MR) is 55.5 cm³/mol. The zero-order chi connectivity index (χ0) is 10.9. The van der Waals surface area contributed by atoms with Gasteiger partial charge in [-0.15, -0.1) is 0 Å². The SMILES string of the molecule is CC(C)C1=C(C(C)C)CC(F)(F)CC1. The molecular weight excluding hydrogens is 182 g/mol. The lowest BCUT2D eigenvalue weighted by Gasteiger charge is -2.31. The van der Waals surface area contributed by atoms with Crippen molar-refractivity contribution in [3.63, 3.8) is 0 Å². The smallest absolute Gasteiger partial charge is 0.207 e. The Morgan fingerprint density at radius 2 is 1.50 bits per heavy atom. The molecule has 0 spiro atoms. The molecule has 0 radical (unpaired) electrons. The molecule has 0 bridgehead atoms. The van der Waals surface area contributed by atoms with E-state index in [4.69, 9.17) is 0 Å². The quantitative estimate of drug-likeness (QED) is 0.582. The normalized spacial score (nSPS) is 22.3. The minimum absolute atomic E-state index is 0.0157. The first-order valence-corrected chi connectivity index (χ1v) is 5.43. The number of rotatable bonds is 2. The van der Waals surface area contributed by atoms with Crippen LogP contribution in [0.5, 0.6) is 0 Å². The third-order valence-corrected chi connectivity index (χ3v) is 3.02. The molecule has 0 saturated heterocycles. The highest BCUT2D eigenvalue weighted by molar-refractivity contribution is 5.23. The summed E-state index contributed by atoms with van der Waals surface area (Å²) in [5, 5.41) is 0. The van der Waals surface area contributed by atoms with Gasteiger partial charge >= 0.3 is 0 Å². The Bertz CT molecular complexity index is 237. The van der Waals surface area contributed by atoms with Crippen molar-refractivity contribution < 1.29 is 8.78 Å². The first kappa shape index (κ1) is 11.7. The molecule has 82 valence electrons. The zero-order valence-electron chi connectivity index (χ0n) is 9.53. The molecule has 14 heavy (non-hydrogen) atoms. The van der Waals surface area contributed by atoms with Gasteiger partial charge in [-0.1, -0.05) is 38.8 Å². The van der Waals surface area contributed by atoms with Crippen molar-refractivity contribution in [2.24, 2.45) is 11.8 Å². The van der Waals surface area contributed by atoms with Crippen LogP contribution in [0.25, 0.3) is 0 Å². The predicted octanol–water partition coefficient (Wildman–Crippen LogP) is 4.41. The van der Waals surface area contributed by atoms with Gasteiger partial charge < -0.3 is 0 Å². The molecule has 0 N–H and O–H groups in total. The van der Waals surface area contributed by atoms with Crippen molar-refractivity contribution in [2.45, 2.75) is 52.9 Å². The summed E-state index contributed by atoms with van der Waals surface area (Å²) < 4.78 is 26.4. The Kier molecular flexibility index (Phi) is 3.33. The van der Waals surface area contributed by atoms with Gasteiger partial charge in [0.05, 0.1) is 0 Å². The summed E-state index contributed by atoms with van der Waals surface area (Å²) in [5.74, 6) is -1.78. The maximum atomic E-state index is 13.2. The maximum Gasteiger partial charge on any atom is 0.252 e. The Balaban J connectivity index is 2.96. The number of hydrogen-bond acceptors (Lipinski definition) is 0. The molecule has 1 rings (SSSR count). The molecule has 0 atom stereocenters. The van der Waals surface area contributed by atoms with Crippen LogP contribution < -0.4 is 0 Å². The molecule has 2 heteroatoms. The van der Waals surface area contributed by atoms with Gasteiger partial charge in [-0.05, 0) is 18.3 Å². The minimum Gasteiger partial charge on any atom is -0.207 e. The van der Waals surface area contributed by atoms with E-state index in [1.165, 1.54) is 5.57 Å². The summed E-state index contributed by atoms with van der Waals surface area (Å²) in [7, 11) is 0. The van der Waals surface area contributed by atoms with E-state index in [-0.39, 0.29) is 18.8 Å². The van der Waals surface area contributed by atoms with Gasteiger partial charge in [0, 0.05) is 12.8 Å². The van der Waals surface area contributed by atoms with Crippen molar-refractivity contribution >= 4 is 0 Å². The molecule has 0 unspecified atom stereocenters. The summed E-state index contributed by atoms with van der Waals surface area (Å²) in [6.45, 7) is 8.22. The fourth-order valence-corrected chi connectivity index (χ4v) is 2.19. The van der Waals surface area contributed by atoms with Crippen molar-refractivity contribution in [3.8, 4) is 0 Å². The van der Waals surface area contributed by atoms with Crippen LogP contribution in [-0.4, -0.2) is 5.92 Å². The topological polar surface area (TPSA) is 0 Å². The van der Waals surface area contributed by atoms with Crippen LogP contribution in [0.3, 0.4) is 0 Å². The van der Waals surface area contributed by atoms with E-state index < -0.39 is 5.92 Å². The van der Waals surface area contributed by atoms with E-state index in [0.717, 1.165) is 5.57 Å². The second kappa shape index (κ2) is 4.00. The Labute approximate surface area is 85.4 Å². The number of alkyl halides is 2. The fraction of sp³-hybridized carbons (Fsp3) is 0.833. The number of halogens is 2. The van der Waals surface area contributed by atoms with Crippen molar-refractivity contribution in [3.05, 3.63) is 11.1 Å². The average Bonchev–Trinajstić information content (AvgIpc) is 2.01. The van der Waals surface area contributed by atoms with Gasteiger partial charge in [-0.25, -0.2) is 8.78 Å². The van der Waals surface area contributed by atoms with Gasteiger partial charge in [0.1, 0.15) is 0 Å². The van der Waals surface area contributed by atoms with E-state index >= 15 is 0 Å². The lowest BCUT2D eigenvalue weighted by atomic mass is 9.79. The van der Waals surface area contributed by atoms with Crippen LogP contribution in [0.1, 0.15) is 47.0 Å². The second-order valence-corrected chi connectivity index (χ2v) is 4.89. The lowest BCUT2D eigenvalue weighted by molar-refractivity contribution is -0.0152. The summed E-state index contributed by atoms with van der Waals surface area (Å²) >= 11 is 0. The van der Waals surface area contributed by atoms with Crippen LogP contribution in [-0.2, 0) is 0 Å². The van der Waals surface area contributed by atoms with Crippen LogP contribution in [0.15, 0.2) is 11.1 Å². The molecule has 0 fully saturated rings. The first-order chi connectivity index (χ1) is 6.33. The Hall–Kier alpha value is -0.400. The van der Waals surface area contributed by atoms with E-state index in [9.17, 15) is 8.78 Å². The Morgan fingerprint density at radius 3 is 1.93 bits per heavy atom. The second-order valence-electron chi connectivity index (χ2n) is 4.89. The Morgan fingerprint density at radius 1 is 1.00 bits per heavy atom. The highest BCUT2D eigenvalue weighted by Crippen LogP contribution is 2.41. The number of allylic oxidation sites excluding steroid dienone is 2. The minimum atomic E-state index is -2.46. The molecule has 0 nitrogen and oxygen atoms in total. The first-order valence-electron chi connectivity index (χ1n) is 5.43. The van der Waals surface area contributed by atoms with Gasteiger partial charge in [0.2, 0.25) is 0 Å². The van der Waals surface area contributed by atoms with Gasteiger partial charge in [0.25, 0.3) is 5.92 Å². The van der Waals surface area contributed by atoms with Crippen LogP contribution in [0.2, 0.25) is 0 Å². The summed E-state index contributed by atoms with van der Waals surface area (Å²) in [4.78, 5) is 0. The molecule has 0 heterocycles. The molecule has 0 aromatic carbocycles. The monoisotopic (exact) mass is 202 g/mol. The van der Waals surface area contributed by atoms with Crippen LogP contribution in [0.4, 0.5) is 8.78 Å². The highest BCUT2D eigenvalue weighted by Gasteiger charge is 2.36. The standard InChI is InChI=1S/C12H20F2/c1-8(2)10-5-6-12(13,14)7-11(10)9(3)4/h8-9H,5-7H2,1-4H3. The molecule has 0 aliphatic heterocycles. The van der Waals surface area contributed by atoms with Crippen molar-refractivity contribution in [1.29, 1.82) is 0 Å². The van der Waals surface area contributed by atoms with Crippen molar-refractivity contribution in [1.82, 2.24) is 0 Å². The number of hydrogen-bond donors (Lipinski definition) is 0. The zero-order valence-corrected chi connectivity index (χ0v) is 9.53. The van der Waals surface area contributed by atoms with Crippen LogP contribution >= 0.6 is 0 Å². The largest absolute Gasteiger partial charge is 0.252 e. The summed E-state index contributed by atoms with van der Waals surface area (Å²) in [6, 6.07) is 0. The molecule has 1 aliphatic rings. The van der Waals surface area contributed by atoms with E-state index in [1.807, 2.05) is 13.8 Å². The molecular formula is C12H20F2. The average molecular weight is 202 g/mol.